The Morgan fingerprint density at radius 1 is 1.23 bits per heavy atom. The van der Waals surface area contributed by atoms with E-state index in [4.69, 9.17) is 9.29 Å². The Balaban J connectivity index is 1.83. The molecule has 0 radical (unpaired) electrons. The number of nitrogens with zero attached hydrogens (tertiary/aromatic N) is 2. The number of aryl methyl sites for hydroxylation is 1. The first kappa shape index (κ1) is 24.1. The number of benzene rings is 1. The standard InChI is InChI=1S/C22H32N2O5S/c1-4-6-11-23-12-13-24(17-23)14-15-29-22(25)18(3)16-19(5-2)20-7-9-21(10-8-20)30(26,27)28/h7-10,12-13,17-19H,4-6,11,14-16H2,1-3H3/p+1. The number of carbonyl (C=O) groups is 1. The fraction of sp³-hybridized carbons (Fsp3) is 0.545. The van der Waals surface area contributed by atoms with E-state index in [2.05, 4.69) is 11.5 Å². The van der Waals surface area contributed by atoms with Crippen molar-refractivity contribution in [3.63, 3.8) is 0 Å². The molecule has 8 heteroatoms. The fourth-order valence-electron chi connectivity index (χ4n) is 3.41. The predicted molar refractivity (Wildman–Crippen MR) is 114 cm³/mol. The lowest BCUT2D eigenvalue weighted by atomic mass is 9.88. The Morgan fingerprint density at radius 3 is 2.53 bits per heavy atom. The Morgan fingerprint density at radius 2 is 1.93 bits per heavy atom. The van der Waals surface area contributed by atoms with E-state index in [0.717, 1.165) is 31.4 Å². The van der Waals surface area contributed by atoms with Crippen LogP contribution in [-0.4, -0.2) is 30.1 Å². The van der Waals surface area contributed by atoms with Crippen molar-refractivity contribution in [2.45, 2.75) is 70.4 Å². The van der Waals surface area contributed by atoms with Gasteiger partial charge in [-0.25, -0.2) is 9.13 Å². The van der Waals surface area contributed by atoms with Gasteiger partial charge in [0.15, 0.2) is 0 Å². The zero-order valence-electron chi connectivity index (χ0n) is 18.0. The number of unbranched alkanes of at least 4 members (excludes halogenated alkanes) is 1. The highest BCUT2D eigenvalue weighted by Crippen LogP contribution is 2.28. The zero-order chi connectivity index (χ0) is 22.1. The normalized spacial score (nSPS) is 13.7. The highest BCUT2D eigenvalue weighted by molar-refractivity contribution is 7.85. The molecule has 0 saturated heterocycles. The lowest BCUT2D eigenvalue weighted by Gasteiger charge is -2.19. The SMILES string of the molecule is CCCC[n+]1ccn(CCOC(=O)C(C)CC(CC)c2ccc(S(=O)(=O)O)cc2)c1. The van der Waals surface area contributed by atoms with Gasteiger partial charge in [0.2, 0.25) is 6.33 Å². The van der Waals surface area contributed by atoms with Gasteiger partial charge in [0.25, 0.3) is 10.1 Å². The van der Waals surface area contributed by atoms with E-state index in [-0.39, 0.29) is 22.7 Å². The molecule has 2 rings (SSSR count). The number of rotatable bonds is 12. The molecule has 2 aromatic rings. The van der Waals surface area contributed by atoms with Crippen LogP contribution in [0.1, 0.15) is 57.9 Å². The molecule has 30 heavy (non-hydrogen) atoms. The van der Waals surface area contributed by atoms with Gasteiger partial charge >= 0.3 is 5.97 Å². The first-order chi connectivity index (χ1) is 14.2. The Bertz CT molecular complexity index is 906. The molecule has 0 spiro atoms. The molecule has 2 unspecified atom stereocenters. The van der Waals surface area contributed by atoms with Crippen molar-refractivity contribution in [2.75, 3.05) is 6.61 Å². The van der Waals surface area contributed by atoms with E-state index in [1.165, 1.54) is 12.1 Å². The van der Waals surface area contributed by atoms with Crippen LogP contribution in [0.2, 0.25) is 0 Å². The lowest BCUT2D eigenvalue weighted by Crippen LogP contribution is -2.31. The number of aromatic nitrogens is 2. The number of carbonyl (C=O) groups excluding carboxylic acids is 1. The summed E-state index contributed by atoms with van der Waals surface area (Å²) in [5, 5.41) is 0. The molecule has 0 saturated carbocycles. The summed E-state index contributed by atoms with van der Waals surface area (Å²) in [4.78, 5) is 12.3. The van der Waals surface area contributed by atoms with Crippen molar-refractivity contribution in [2.24, 2.45) is 5.92 Å². The lowest BCUT2D eigenvalue weighted by molar-refractivity contribution is -0.696. The summed E-state index contributed by atoms with van der Waals surface area (Å²) in [6, 6.07) is 6.16. The summed E-state index contributed by atoms with van der Waals surface area (Å²) in [6.07, 6.45) is 9.74. The van der Waals surface area contributed by atoms with Gasteiger partial charge in [-0.1, -0.05) is 39.3 Å². The Kier molecular flexibility index (Phi) is 9.05. The van der Waals surface area contributed by atoms with Gasteiger partial charge in [-0.05, 0) is 42.9 Å². The second kappa shape index (κ2) is 11.3. The monoisotopic (exact) mass is 437 g/mol. The maximum atomic E-state index is 12.4. The third-order valence-electron chi connectivity index (χ3n) is 5.29. The van der Waals surface area contributed by atoms with Crippen LogP contribution in [0.5, 0.6) is 0 Å². The van der Waals surface area contributed by atoms with Crippen LogP contribution in [0.4, 0.5) is 0 Å². The minimum atomic E-state index is -4.20. The molecule has 1 heterocycles. The zero-order valence-corrected chi connectivity index (χ0v) is 18.8. The van der Waals surface area contributed by atoms with Crippen molar-refractivity contribution in [1.82, 2.24) is 4.57 Å². The fourth-order valence-corrected chi connectivity index (χ4v) is 3.89. The highest BCUT2D eigenvalue weighted by Gasteiger charge is 2.21. The van der Waals surface area contributed by atoms with Crippen LogP contribution in [0.25, 0.3) is 0 Å². The van der Waals surface area contributed by atoms with E-state index in [1.807, 2.05) is 37.1 Å². The third kappa shape index (κ3) is 7.25. The van der Waals surface area contributed by atoms with Gasteiger partial charge in [0.05, 0.1) is 17.4 Å². The third-order valence-corrected chi connectivity index (χ3v) is 6.16. The maximum Gasteiger partial charge on any atom is 0.308 e. The number of hydrogen-bond donors (Lipinski definition) is 1. The van der Waals surface area contributed by atoms with Crippen molar-refractivity contribution in [3.8, 4) is 0 Å². The second-order valence-electron chi connectivity index (χ2n) is 7.70. The van der Waals surface area contributed by atoms with E-state index >= 15 is 0 Å². The van der Waals surface area contributed by atoms with Crippen LogP contribution in [0, 0.1) is 5.92 Å². The first-order valence-corrected chi connectivity index (χ1v) is 12.0. The molecule has 7 nitrogen and oxygen atoms in total. The molecule has 0 amide bonds. The molecule has 1 N–H and O–H groups in total. The predicted octanol–water partition coefficient (Wildman–Crippen LogP) is 3.59. The van der Waals surface area contributed by atoms with Crippen LogP contribution < -0.4 is 4.57 Å². The van der Waals surface area contributed by atoms with E-state index < -0.39 is 10.1 Å². The first-order valence-electron chi connectivity index (χ1n) is 10.5. The largest absolute Gasteiger partial charge is 0.461 e. The summed E-state index contributed by atoms with van der Waals surface area (Å²) in [5.41, 5.74) is 0.938. The van der Waals surface area contributed by atoms with Crippen LogP contribution in [0.3, 0.4) is 0 Å². The molecule has 0 fully saturated rings. The molecular formula is C22H33N2O5S+. The maximum absolute atomic E-state index is 12.4. The minimum Gasteiger partial charge on any atom is -0.461 e. The van der Waals surface area contributed by atoms with Gasteiger partial charge in [-0.3, -0.25) is 9.35 Å². The summed E-state index contributed by atoms with van der Waals surface area (Å²) in [6.45, 7) is 7.97. The summed E-state index contributed by atoms with van der Waals surface area (Å²) in [7, 11) is -4.20. The average Bonchev–Trinajstić information content (AvgIpc) is 3.17. The van der Waals surface area contributed by atoms with Crippen LogP contribution in [0.15, 0.2) is 47.9 Å². The van der Waals surface area contributed by atoms with Gasteiger partial charge in [0, 0.05) is 0 Å². The number of hydrogen-bond acceptors (Lipinski definition) is 4. The molecule has 0 aliphatic heterocycles. The molecule has 1 aromatic carbocycles. The molecule has 2 atom stereocenters. The smallest absolute Gasteiger partial charge is 0.308 e. The van der Waals surface area contributed by atoms with Gasteiger partial charge in [0.1, 0.15) is 25.5 Å². The Labute approximate surface area is 179 Å². The Hall–Kier alpha value is -2.19. The average molecular weight is 438 g/mol. The van der Waals surface area contributed by atoms with Crippen molar-refractivity contribution in [1.29, 1.82) is 0 Å². The molecule has 1 aromatic heterocycles. The van der Waals surface area contributed by atoms with E-state index in [9.17, 15) is 13.2 Å². The number of esters is 1. The molecule has 166 valence electrons. The second-order valence-corrected chi connectivity index (χ2v) is 9.12. The van der Waals surface area contributed by atoms with E-state index in [0.29, 0.717) is 19.6 Å². The van der Waals surface area contributed by atoms with Gasteiger partial charge < -0.3 is 4.74 Å². The van der Waals surface area contributed by atoms with Crippen LogP contribution in [-0.2, 0) is 32.7 Å². The van der Waals surface area contributed by atoms with Gasteiger partial charge in [-0.15, -0.1) is 0 Å². The molecule has 0 aliphatic rings. The van der Waals surface area contributed by atoms with Crippen LogP contribution >= 0.6 is 0 Å². The van der Waals surface area contributed by atoms with E-state index in [1.54, 1.807) is 12.1 Å². The quantitative estimate of drug-likeness (QED) is 0.311. The summed E-state index contributed by atoms with van der Waals surface area (Å²) in [5.74, 6) is -0.394. The van der Waals surface area contributed by atoms with Crippen molar-refractivity contribution in [3.05, 3.63) is 48.5 Å². The molecule has 0 aliphatic carbocycles. The summed E-state index contributed by atoms with van der Waals surface area (Å²) >= 11 is 0. The number of imidazole rings is 1. The highest BCUT2D eigenvalue weighted by atomic mass is 32.2. The van der Waals surface area contributed by atoms with Crippen molar-refractivity contribution < 1.29 is 27.1 Å². The van der Waals surface area contributed by atoms with Crippen molar-refractivity contribution >= 4 is 16.1 Å². The summed E-state index contributed by atoms with van der Waals surface area (Å²) < 4.78 is 41.1. The topological polar surface area (TPSA) is 89.5 Å². The molecule has 0 bridgehead atoms. The van der Waals surface area contributed by atoms with Gasteiger partial charge in [-0.2, -0.15) is 8.42 Å². The molecular weight excluding hydrogens is 404 g/mol. The number of ether oxygens (including phenoxy) is 1. The minimum absolute atomic E-state index is 0.102.